The number of aromatic nitrogens is 1. The predicted molar refractivity (Wildman–Crippen MR) is 66.8 cm³/mol. The first kappa shape index (κ1) is 12.5. The molecule has 0 amide bonds. The van der Waals surface area contributed by atoms with Crippen LogP contribution < -0.4 is 4.74 Å². The van der Waals surface area contributed by atoms with Crippen molar-refractivity contribution in [1.29, 1.82) is 0 Å². The maximum absolute atomic E-state index is 13.8. The van der Waals surface area contributed by atoms with E-state index >= 15 is 0 Å². The van der Waals surface area contributed by atoms with Gasteiger partial charge in [-0.05, 0) is 24.1 Å². The molecule has 0 atom stereocenters. The number of ether oxygens (including phenoxy) is 1. The monoisotopic (exact) mass is 247 g/mol. The van der Waals surface area contributed by atoms with Crippen LogP contribution in [0.3, 0.4) is 0 Å². The topological polar surface area (TPSA) is 42.4 Å². The Hall–Kier alpha value is -1.94. The lowest BCUT2D eigenvalue weighted by Gasteiger charge is -2.08. The molecule has 0 bridgehead atoms. The molecular weight excluding hydrogens is 233 g/mol. The standard InChI is InChI=1S/C14H14FNO2/c1-9-3-10(8-17)5-11(4-9)12-6-14(18-2)16-7-13(12)15/h3-7,17H,8H2,1-2H3. The number of aliphatic hydroxyl groups excluding tert-OH is 1. The van der Waals surface area contributed by atoms with Crippen molar-refractivity contribution in [2.24, 2.45) is 0 Å². The van der Waals surface area contributed by atoms with E-state index in [4.69, 9.17) is 4.74 Å². The molecule has 3 nitrogen and oxygen atoms in total. The quantitative estimate of drug-likeness (QED) is 0.906. The Kier molecular flexibility index (Phi) is 3.58. The number of aryl methyl sites for hydroxylation is 1. The van der Waals surface area contributed by atoms with E-state index in [-0.39, 0.29) is 6.61 Å². The smallest absolute Gasteiger partial charge is 0.213 e. The number of hydrogen-bond acceptors (Lipinski definition) is 3. The minimum absolute atomic E-state index is 0.0709. The first-order valence-corrected chi connectivity index (χ1v) is 5.55. The van der Waals surface area contributed by atoms with Crippen LogP contribution in [0.25, 0.3) is 11.1 Å². The lowest BCUT2D eigenvalue weighted by Crippen LogP contribution is -1.93. The lowest BCUT2D eigenvalue weighted by molar-refractivity contribution is 0.282. The van der Waals surface area contributed by atoms with Crippen LogP contribution in [0.15, 0.2) is 30.5 Å². The molecule has 18 heavy (non-hydrogen) atoms. The zero-order chi connectivity index (χ0) is 13.1. The van der Waals surface area contributed by atoms with Gasteiger partial charge in [0.25, 0.3) is 0 Å². The number of rotatable bonds is 3. The van der Waals surface area contributed by atoms with E-state index in [1.165, 1.54) is 7.11 Å². The van der Waals surface area contributed by atoms with Crippen LogP contribution in [0, 0.1) is 12.7 Å². The molecule has 0 fully saturated rings. The molecule has 0 saturated carbocycles. The van der Waals surface area contributed by atoms with Gasteiger partial charge in [0.15, 0.2) is 0 Å². The maximum atomic E-state index is 13.8. The summed E-state index contributed by atoms with van der Waals surface area (Å²) < 4.78 is 18.8. The third kappa shape index (κ3) is 2.49. The molecule has 0 aliphatic rings. The Labute approximate surface area is 105 Å². The van der Waals surface area contributed by atoms with Crippen molar-refractivity contribution < 1.29 is 14.2 Å². The van der Waals surface area contributed by atoms with Crippen molar-refractivity contribution in [3.05, 3.63) is 47.4 Å². The number of nitrogens with zero attached hydrogens (tertiary/aromatic N) is 1. The summed E-state index contributed by atoms with van der Waals surface area (Å²) in [6.45, 7) is 1.83. The summed E-state index contributed by atoms with van der Waals surface area (Å²) in [5.41, 5.74) is 2.84. The summed E-state index contributed by atoms with van der Waals surface area (Å²) in [5, 5.41) is 9.17. The summed E-state index contributed by atoms with van der Waals surface area (Å²) >= 11 is 0. The molecule has 1 N–H and O–H groups in total. The van der Waals surface area contributed by atoms with E-state index in [9.17, 15) is 9.50 Å². The number of pyridine rings is 1. The van der Waals surface area contributed by atoms with Gasteiger partial charge in [-0.3, -0.25) is 0 Å². The first-order valence-electron chi connectivity index (χ1n) is 5.55. The molecule has 0 aliphatic carbocycles. The molecule has 1 heterocycles. The van der Waals surface area contributed by atoms with E-state index in [1.54, 1.807) is 12.1 Å². The van der Waals surface area contributed by atoms with Gasteiger partial charge in [0.1, 0.15) is 5.82 Å². The SMILES string of the molecule is COc1cc(-c2cc(C)cc(CO)c2)c(F)cn1. The van der Waals surface area contributed by atoms with E-state index in [1.807, 2.05) is 19.1 Å². The third-order valence-corrected chi connectivity index (χ3v) is 2.67. The predicted octanol–water partition coefficient (Wildman–Crippen LogP) is 2.70. The average molecular weight is 247 g/mol. The summed E-state index contributed by atoms with van der Waals surface area (Å²) in [6.07, 6.45) is 1.13. The van der Waals surface area contributed by atoms with E-state index in [0.717, 1.165) is 17.3 Å². The number of halogens is 1. The van der Waals surface area contributed by atoms with Crippen molar-refractivity contribution in [3.8, 4) is 17.0 Å². The molecule has 4 heteroatoms. The third-order valence-electron chi connectivity index (χ3n) is 2.67. The maximum Gasteiger partial charge on any atom is 0.213 e. The van der Waals surface area contributed by atoms with Gasteiger partial charge in [0.05, 0.1) is 19.9 Å². The second-order valence-corrected chi connectivity index (χ2v) is 4.07. The van der Waals surface area contributed by atoms with Crippen LogP contribution in [-0.4, -0.2) is 17.2 Å². The van der Waals surface area contributed by atoms with Gasteiger partial charge in [-0.15, -0.1) is 0 Å². The van der Waals surface area contributed by atoms with Crippen LogP contribution in [0.2, 0.25) is 0 Å². The Morgan fingerprint density at radius 1 is 1.28 bits per heavy atom. The highest BCUT2D eigenvalue weighted by Crippen LogP contribution is 2.27. The van der Waals surface area contributed by atoms with Gasteiger partial charge in [-0.1, -0.05) is 17.7 Å². The second kappa shape index (κ2) is 5.14. The Balaban J connectivity index is 2.56. The minimum atomic E-state index is -0.412. The molecule has 1 aromatic carbocycles. The summed E-state index contributed by atoms with van der Waals surface area (Å²) in [5.74, 6) is -0.0521. The fraction of sp³-hybridized carbons (Fsp3) is 0.214. The van der Waals surface area contributed by atoms with Gasteiger partial charge in [0, 0.05) is 11.6 Å². The molecule has 1 aromatic heterocycles. The molecule has 94 valence electrons. The molecule has 2 rings (SSSR count). The molecular formula is C14H14FNO2. The molecule has 0 unspecified atom stereocenters. The Morgan fingerprint density at radius 3 is 2.72 bits per heavy atom. The molecule has 0 aliphatic heterocycles. The molecule has 2 aromatic rings. The largest absolute Gasteiger partial charge is 0.481 e. The number of methoxy groups -OCH3 is 1. The number of hydrogen-bond donors (Lipinski definition) is 1. The second-order valence-electron chi connectivity index (χ2n) is 4.07. The van der Waals surface area contributed by atoms with Gasteiger partial charge in [0.2, 0.25) is 5.88 Å². The van der Waals surface area contributed by atoms with Crippen molar-refractivity contribution in [2.75, 3.05) is 7.11 Å². The van der Waals surface area contributed by atoms with E-state index in [2.05, 4.69) is 4.98 Å². The van der Waals surface area contributed by atoms with Crippen LogP contribution in [0.1, 0.15) is 11.1 Å². The van der Waals surface area contributed by atoms with Crippen LogP contribution >= 0.6 is 0 Å². The normalized spacial score (nSPS) is 10.4. The van der Waals surface area contributed by atoms with Gasteiger partial charge in [-0.2, -0.15) is 0 Å². The van der Waals surface area contributed by atoms with E-state index < -0.39 is 5.82 Å². The number of aliphatic hydroxyl groups is 1. The van der Waals surface area contributed by atoms with Gasteiger partial charge >= 0.3 is 0 Å². The fourth-order valence-electron chi connectivity index (χ4n) is 1.86. The minimum Gasteiger partial charge on any atom is -0.481 e. The Morgan fingerprint density at radius 2 is 2.06 bits per heavy atom. The first-order chi connectivity index (χ1) is 8.63. The van der Waals surface area contributed by atoms with Crippen LogP contribution in [0.4, 0.5) is 4.39 Å². The summed E-state index contributed by atoms with van der Waals surface area (Å²) in [4.78, 5) is 3.80. The molecule has 0 saturated heterocycles. The zero-order valence-corrected chi connectivity index (χ0v) is 10.3. The van der Waals surface area contributed by atoms with Crippen LogP contribution in [-0.2, 0) is 6.61 Å². The summed E-state index contributed by atoms with van der Waals surface area (Å²) in [7, 11) is 1.49. The highest BCUT2D eigenvalue weighted by molar-refractivity contribution is 5.66. The van der Waals surface area contributed by atoms with Crippen molar-refractivity contribution >= 4 is 0 Å². The Bertz CT molecular complexity index is 570. The van der Waals surface area contributed by atoms with Gasteiger partial charge < -0.3 is 9.84 Å². The highest BCUT2D eigenvalue weighted by Gasteiger charge is 2.09. The molecule has 0 radical (unpaired) electrons. The van der Waals surface area contributed by atoms with Crippen molar-refractivity contribution in [3.63, 3.8) is 0 Å². The fourth-order valence-corrected chi connectivity index (χ4v) is 1.86. The van der Waals surface area contributed by atoms with Crippen molar-refractivity contribution in [1.82, 2.24) is 4.98 Å². The molecule has 0 spiro atoms. The average Bonchev–Trinajstić information content (AvgIpc) is 2.38. The zero-order valence-electron chi connectivity index (χ0n) is 10.3. The van der Waals surface area contributed by atoms with E-state index in [0.29, 0.717) is 17.0 Å². The van der Waals surface area contributed by atoms with Crippen LogP contribution in [0.5, 0.6) is 5.88 Å². The van der Waals surface area contributed by atoms with Crippen molar-refractivity contribution in [2.45, 2.75) is 13.5 Å². The highest BCUT2D eigenvalue weighted by atomic mass is 19.1. The summed E-state index contributed by atoms with van der Waals surface area (Å²) in [6, 6.07) is 7.02. The number of benzene rings is 1. The lowest BCUT2D eigenvalue weighted by atomic mass is 10.0. The van der Waals surface area contributed by atoms with Gasteiger partial charge in [-0.25, -0.2) is 9.37 Å².